The highest BCUT2D eigenvalue weighted by Gasteiger charge is 2.42. The van der Waals surface area contributed by atoms with E-state index in [1.54, 1.807) is 0 Å². The summed E-state index contributed by atoms with van der Waals surface area (Å²) in [4.78, 5) is 17.2. The van der Waals surface area contributed by atoms with Gasteiger partial charge in [0.05, 0.1) is 13.2 Å². The summed E-state index contributed by atoms with van der Waals surface area (Å²) in [5.41, 5.74) is 0. The molecule has 4 nitrogen and oxygen atoms in total. The summed E-state index contributed by atoms with van der Waals surface area (Å²) < 4.78 is 5.32. The molecule has 0 aromatic carbocycles. The van der Waals surface area contributed by atoms with Crippen LogP contribution >= 0.6 is 0 Å². The maximum Gasteiger partial charge on any atom is 0.225 e. The van der Waals surface area contributed by atoms with Gasteiger partial charge in [-0.3, -0.25) is 9.69 Å². The van der Waals surface area contributed by atoms with Gasteiger partial charge in [0.25, 0.3) is 0 Å². The Labute approximate surface area is 109 Å². The van der Waals surface area contributed by atoms with E-state index in [9.17, 15) is 4.79 Å². The van der Waals surface area contributed by atoms with Gasteiger partial charge in [-0.25, -0.2) is 0 Å². The zero-order chi connectivity index (χ0) is 12.5. The average Bonchev–Trinajstić information content (AvgIpc) is 2.67. The molecule has 0 saturated carbocycles. The van der Waals surface area contributed by atoms with Crippen LogP contribution in [0.25, 0.3) is 0 Å². The molecule has 0 aromatic heterocycles. The normalized spacial score (nSPS) is 36.9. The lowest BCUT2D eigenvalue weighted by Gasteiger charge is -2.40. The Morgan fingerprint density at radius 3 is 2.33 bits per heavy atom. The van der Waals surface area contributed by atoms with Gasteiger partial charge in [0.1, 0.15) is 0 Å². The zero-order valence-corrected chi connectivity index (χ0v) is 11.3. The molecule has 3 saturated heterocycles. The van der Waals surface area contributed by atoms with Crippen molar-refractivity contribution in [3.8, 4) is 0 Å². The Balaban J connectivity index is 1.62. The smallest absolute Gasteiger partial charge is 0.225 e. The van der Waals surface area contributed by atoms with Crippen molar-refractivity contribution in [3.05, 3.63) is 0 Å². The second-order valence-electron chi connectivity index (χ2n) is 5.82. The Morgan fingerprint density at radius 2 is 1.78 bits per heavy atom. The molecule has 18 heavy (non-hydrogen) atoms. The van der Waals surface area contributed by atoms with Crippen LogP contribution in [0, 0.1) is 5.92 Å². The summed E-state index contributed by atoms with van der Waals surface area (Å²) in [7, 11) is 0. The molecule has 3 aliphatic rings. The molecular weight excluding hydrogens is 228 g/mol. The third-order valence-corrected chi connectivity index (χ3v) is 4.92. The van der Waals surface area contributed by atoms with E-state index in [0.717, 1.165) is 32.5 Å². The van der Waals surface area contributed by atoms with E-state index < -0.39 is 0 Å². The molecule has 3 heterocycles. The Kier molecular flexibility index (Phi) is 3.57. The van der Waals surface area contributed by atoms with Gasteiger partial charge in [-0.2, -0.15) is 0 Å². The fourth-order valence-electron chi connectivity index (χ4n) is 4.03. The van der Waals surface area contributed by atoms with Crippen LogP contribution in [0.4, 0.5) is 0 Å². The first-order chi connectivity index (χ1) is 8.79. The van der Waals surface area contributed by atoms with Crippen LogP contribution in [-0.4, -0.2) is 60.6 Å². The predicted octanol–water partition coefficient (Wildman–Crippen LogP) is 1.11. The maximum absolute atomic E-state index is 12.5. The van der Waals surface area contributed by atoms with Gasteiger partial charge in [0.15, 0.2) is 0 Å². The molecule has 3 aliphatic heterocycles. The van der Waals surface area contributed by atoms with Crippen LogP contribution < -0.4 is 0 Å². The number of carbonyl (C=O) groups excluding carboxylic acids is 1. The highest BCUT2D eigenvalue weighted by atomic mass is 16.5. The molecule has 102 valence electrons. The molecule has 0 unspecified atom stereocenters. The first-order valence-corrected chi connectivity index (χ1v) is 7.42. The maximum atomic E-state index is 12.5. The summed E-state index contributed by atoms with van der Waals surface area (Å²) in [6, 6.07) is 1.34. The molecule has 0 aromatic rings. The molecule has 2 bridgehead atoms. The Hall–Kier alpha value is -0.610. The van der Waals surface area contributed by atoms with E-state index in [1.807, 2.05) is 4.90 Å². The largest absolute Gasteiger partial charge is 0.378 e. The van der Waals surface area contributed by atoms with Gasteiger partial charge in [-0.05, 0) is 32.2 Å². The lowest BCUT2D eigenvalue weighted by Crippen LogP contribution is -2.49. The minimum absolute atomic E-state index is 0.281. The minimum Gasteiger partial charge on any atom is -0.378 e. The summed E-state index contributed by atoms with van der Waals surface area (Å²) in [6.07, 6.45) is 4.76. The zero-order valence-electron chi connectivity index (χ0n) is 11.3. The number of fused-ring (bicyclic) bond motifs is 2. The third-order valence-electron chi connectivity index (χ3n) is 4.92. The highest BCUT2D eigenvalue weighted by Crippen LogP contribution is 2.39. The average molecular weight is 252 g/mol. The fraction of sp³-hybridized carbons (Fsp3) is 0.929. The van der Waals surface area contributed by atoms with E-state index in [2.05, 4.69) is 11.8 Å². The van der Waals surface area contributed by atoms with Crippen molar-refractivity contribution in [1.29, 1.82) is 0 Å². The van der Waals surface area contributed by atoms with Crippen molar-refractivity contribution in [2.24, 2.45) is 5.92 Å². The summed E-state index contributed by atoms with van der Waals surface area (Å²) >= 11 is 0. The number of amides is 1. The van der Waals surface area contributed by atoms with Crippen molar-refractivity contribution < 1.29 is 9.53 Å². The second kappa shape index (κ2) is 5.17. The Bertz CT molecular complexity index is 301. The molecule has 4 heteroatoms. The quantitative estimate of drug-likeness (QED) is 0.738. The molecule has 3 rings (SSSR count). The summed E-state index contributed by atoms with van der Waals surface area (Å²) in [5.74, 6) is 0.675. The molecule has 0 N–H and O–H groups in total. The van der Waals surface area contributed by atoms with Crippen molar-refractivity contribution >= 4 is 5.91 Å². The number of hydrogen-bond donors (Lipinski definition) is 0. The van der Waals surface area contributed by atoms with Crippen LogP contribution in [0.5, 0.6) is 0 Å². The van der Waals surface area contributed by atoms with E-state index >= 15 is 0 Å². The van der Waals surface area contributed by atoms with Crippen molar-refractivity contribution in [3.63, 3.8) is 0 Å². The SMILES string of the molecule is CCN1[C@@H]2CC[C@H]1C[C@H](C(=O)N1CCOCC1)C2. The standard InChI is InChI=1S/C14H24N2O2/c1-2-16-12-3-4-13(16)10-11(9-12)14(17)15-5-7-18-8-6-15/h11-13H,2-10H2,1H3/t11-,12-,13+. The number of ether oxygens (including phenoxy) is 1. The number of nitrogens with zero attached hydrogens (tertiary/aromatic N) is 2. The van der Waals surface area contributed by atoms with Crippen molar-refractivity contribution in [1.82, 2.24) is 9.80 Å². The van der Waals surface area contributed by atoms with E-state index in [1.165, 1.54) is 12.8 Å². The van der Waals surface area contributed by atoms with Crippen LogP contribution in [-0.2, 0) is 9.53 Å². The third kappa shape index (κ3) is 2.16. The van der Waals surface area contributed by atoms with Crippen LogP contribution in [0.1, 0.15) is 32.6 Å². The van der Waals surface area contributed by atoms with Gasteiger partial charge in [-0.15, -0.1) is 0 Å². The second-order valence-corrected chi connectivity index (χ2v) is 5.82. The van der Waals surface area contributed by atoms with E-state index in [0.29, 0.717) is 31.2 Å². The molecule has 1 amide bonds. The number of morpholine rings is 1. The van der Waals surface area contributed by atoms with Crippen molar-refractivity contribution in [2.75, 3.05) is 32.8 Å². The number of carbonyl (C=O) groups is 1. The summed E-state index contributed by atoms with van der Waals surface area (Å²) in [5, 5.41) is 0. The minimum atomic E-state index is 0.281. The molecule has 3 fully saturated rings. The molecule has 0 aliphatic carbocycles. The first-order valence-electron chi connectivity index (χ1n) is 7.42. The first kappa shape index (κ1) is 12.4. The predicted molar refractivity (Wildman–Crippen MR) is 69.3 cm³/mol. The monoisotopic (exact) mass is 252 g/mol. The van der Waals surface area contributed by atoms with Gasteiger partial charge < -0.3 is 9.64 Å². The molecular formula is C14H24N2O2. The van der Waals surface area contributed by atoms with Crippen molar-refractivity contribution in [2.45, 2.75) is 44.7 Å². The van der Waals surface area contributed by atoms with Crippen LogP contribution in [0.2, 0.25) is 0 Å². The number of hydrogen-bond acceptors (Lipinski definition) is 3. The Morgan fingerprint density at radius 1 is 1.17 bits per heavy atom. The van der Waals surface area contributed by atoms with E-state index in [-0.39, 0.29) is 5.92 Å². The van der Waals surface area contributed by atoms with Gasteiger partial charge in [0, 0.05) is 31.1 Å². The van der Waals surface area contributed by atoms with Gasteiger partial charge in [-0.1, -0.05) is 6.92 Å². The topological polar surface area (TPSA) is 32.8 Å². The lowest BCUT2D eigenvalue weighted by atomic mass is 9.89. The summed E-state index contributed by atoms with van der Waals surface area (Å²) in [6.45, 7) is 6.41. The fourth-order valence-corrected chi connectivity index (χ4v) is 4.03. The molecule has 0 radical (unpaired) electrons. The number of piperidine rings is 1. The molecule has 0 spiro atoms. The van der Waals surface area contributed by atoms with Crippen LogP contribution in [0.15, 0.2) is 0 Å². The van der Waals surface area contributed by atoms with Crippen LogP contribution in [0.3, 0.4) is 0 Å². The lowest BCUT2D eigenvalue weighted by molar-refractivity contribution is -0.142. The molecule has 3 atom stereocenters. The van der Waals surface area contributed by atoms with Gasteiger partial charge >= 0.3 is 0 Å². The van der Waals surface area contributed by atoms with E-state index in [4.69, 9.17) is 4.74 Å². The highest BCUT2D eigenvalue weighted by molar-refractivity contribution is 5.79. The van der Waals surface area contributed by atoms with Gasteiger partial charge in [0.2, 0.25) is 5.91 Å². The number of rotatable bonds is 2.